The molecule has 1 heterocycles. The minimum Gasteiger partial charge on any atom is -0.324 e. The van der Waals surface area contributed by atoms with Gasteiger partial charge in [0.15, 0.2) is 0 Å². The number of rotatable bonds is 2. The largest absolute Gasteiger partial charge is 0.324 e. The van der Waals surface area contributed by atoms with Crippen LogP contribution in [0.15, 0.2) is 47.4 Å². The number of carbonyl (C=O) groups excluding carboxylic acids is 1. The number of nitrogens with zero attached hydrogens (tertiary/aromatic N) is 1. The molecule has 1 atom stereocenters. The summed E-state index contributed by atoms with van der Waals surface area (Å²) in [5, 5.41) is 2.72. The molecule has 0 saturated heterocycles. The summed E-state index contributed by atoms with van der Waals surface area (Å²) < 4.78 is 41.4. The topological polar surface area (TPSA) is 66.5 Å². The highest BCUT2D eigenvalue weighted by Gasteiger charge is 2.37. The second-order valence-corrected chi connectivity index (χ2v) is 7.59. The van der Waals surface area contributed by atoms with Crippen LogP contribution >= 0.6 is 0 Å². The minimum absolute atomic E-state index is 0.00775. The summed E-state index contributed by atoms with van der Waals surface area (Å²) in [5.41, 5.74) is 1.53. The van der Waals surface area contributed by atoms with Gasteiger partial charge in [-0.2, -0.15) is 4.31 Å². The fraction of sp³-hybridized carbons (Fsp3) is 0.235. The zero-order valence-corrected chi connectivity index (χ0v) is 14.1. The van der Waals surface area contributed by atoms with Crippen LogP contribution in [0.3, 0.4) is 0 Å². The van der Waals surface area contributed by atoms with Crippen molar-refractivity contribution in [1.82, 2.24) is 4.31 Å². The molecule has 7 heteroatoms. The Hall–Kier alpha value is -2.25. The van der Waals surface area contributed by atoms with Crippen molar-refractivity contribution in [2.24, 2.45) is 0 Å². The van der Waals surface area contributed by atoms with E-state index in [-0.39, 0.29) is 11.4 Å². The van der Waals surface area contributed by atoms with Crippen molar-refractivity contribution < 1.29 is 17.6 Å². The molecule has 3 rings (SSSR count). The molecule has 5 nitrogen and oxygen atoms in total. The Morgan fingerprint density at radius 1 is 1.17 bits per heavy atom. The first-order chi connectivity index (χ1) is 11.3. The Balaban J connectivity index is 2.15. The van der Waals surface area contributed by atoms with E-state index in [0.29, 0.717) is 16.8 Å². The first-order valence-electron chi connectivity index (χ1n) is 7.48. The molecule has 2 aromatic carbocycles. The van der Waals surface area contributed by atoms with E-state index >= 15 is 0 Å². The normalized spacial score (nSPS) is 18.6. The lowest BCUT2D eigenvalue weighted by atomic mass is 10.2. The lowest BCUT2D eigenvalue weighted by Gasteiger charge is -2.26. The molecular weight excluding hydrogens is 331 g/mol. The van der Waals surface area contributed by atoms with E-state index in [4.69, 9.17) is 0 Å². The van der Waals surface area contributed by atoms with E-state index in [2.05, 4.69) is 5.32 Å². The fourth-order valence-electron chi connectivity index (χ4n) is 2.81. The Labute approximate surface area is 140 Å². The number of para-hydroxylation sites is 1. The van der Waals surface area contributed by atoms with Crippen molar-refractivity contribution in [2.45, 2.75) is 31.3 Å². The third-order valence-corrected chi connectivity index (χ3v) is 6.24. The van der Waals surface area contributed by atoms with E-state index in [1.54, 1.807) is 24.3 Å². The summed E-state index contributed by atoms with van der Waals surface area (Å²) in [5.74, 6) is -1.27. The number of nitrogens with one attached hydrogen (secondary N) is 1. The van der Waals surface area contributed by atoms with Crippen LogP contribution < -0.4 is 5.32 Å². The maximum absolute atomic E-state index is 14.2. The third-order valence-electron chi connectivity index (χ3n) is 4.14. The van der Waals surface area contributed by atoms with Crippen LogP contribution in [0.4, 0.5) is 10.1 Å². The lowest BCUT2D eigenvalue weighted by Crippen LogP contribution is -2.43. The molecular formula is C17H17FN2O3S. The van der Waals surface area contributed by atoms with Crippen molar-refractivity contribution in [3.8, 4) is 0 Å². The average molecular weight is 348 g/mol. The van der Waals surface area contributed by atoms with Gasteiger partial charge in [-0.15, -0.1) is 0 Å². The number of hydrogen-bond donors (Lipinski definition) is 1. The molecule has 0 bridgehead atoms. The molecule has 0 spiro atoms. The second-order valence-electron chi connectivity index (χ2n) is 5.76. The van der Waals surface area contributed by atoms with Gasteiger partial charge in [0.25, 0.3) is 0 Å². The van der Waals surface area contributed by atoms with Crippen LogP contribution in [-0.2, 0) is 21.4 Å². The van der Waals surface area contributed by atoms with E-state index in [0.717, 1.165) is 10.4 Å². The number of sulfonamides is 1. The molecule has 2 aromatic rings. The van der Waals surface area contributed by atoms with Crippen molar-refractivity contribution in [2.75, 3.05) is 5.32 Å². The average Bonchev–Trinajstić information content (AvgIpc) is 2.64. The Morgan fingerprint density at radius 2 is 1.88 bits per heavy atom. The van der Waals surface area contributed by atoms with Crippen LogP contribution in [0.2, 0.25) is 0 Å². The highest BCUT2D eigenvalue weighted by molar-refractivity contribution is 7.89. The van der Waals surface area contributed by atoms with Gasteiger partial charge in [0, 0.05) is 12.2 Å². The Kier molecular flexibility index (Phi) is 4.15. The quantitative estimate of drug-likeness (QED) is 0.907. The summed E-state index contributed by atoms with van der Waals surface area (Å²) in [6.45, 7) is 3.02. The van der Waals surface area contributed by atoms with Gasteiger partial charge in [-0.3, -0.25) is 4.79 Å². The first kappa shape index (κ1) is 16.6. The number of carbonyl (C=O) groups is 1. The zero-order valence-electron chi connectivity index (χ0n) is 13.3. The fourth-order valence-corrected chi connectivity index (χ4v) is 4.65. The number of halogens is 1. The first-order valence-corrected chi connectivity index (χ1v) is 8.92. The standard InChI is InChI=1S/C17H17FN2O3S/c1-11-6-5-8-14(18)16(11)24(22,23)20-10-13-7-3-4-9-15(13)19-17(21)12(20)2/h3-9,12H,10H2,1-2H3,(H,19,21). The van der Waals surface area contributed by atoms with Gasteiger partial charge in [0.2, 0.25) is 15.9 Å². The van der Waals surface area contributed by atoms with Crippen molar-refractivity contribution in [3.63, 3.8) is 0 Å². The molecule has 1 aliphatic rings. The van der Waals surface area contributed by atoms with Gasteiger partial charge in [0.1, 0.15) is 16.8 Å². The second kappa shape index (κ2) is 5.99. The molecule has 0 aliphatic carbocycles. The van der Waals surface area contributed by atoms with Gasteiger partial charge in [-0.1, -0.05) is 30.3 Å². The molecule has 24 heavy (non-hydrogen) atoms. The molecule has 1 N–H and O–H groups in total. The highest BCUT2D eigenvalue weighted by atomic mass is 32.2. The predicted octanol–water partition coefficient (Wildman–Crippen LogP) is 2.67. The lowest BCUT2D eigenvalue weighted by molar-refractivity contribution is -0.119. The number of aryl methyl sites for hydroxylation is 1. The molecule has 1 unspecified atom stereocenters. The molecule has 0 radical (unpaired) electrons. The summed E-state index contributed by atoms with van der Waals surface area (Å²) in [6.07, 6.45) is 0. The number of fused-ring (bicyclic) bond motifs is 1. The van der Waals surface area contributed by atoms with Gasteiger partial charge >= 0.3 is 0 Å². The number of benzene rings is 2. The van der Waals surface area contributed by atoms with Crippen LogP contribution in [0.1, 0.15) is 18.1 Å². The minimum atomic E-state index is -4.17. The van der Waals surface area contributed by atoms with Crippen LogP contribution in [0, 0.1) is 12.7 Å². The molecule has 1 amide bonds. The number of amides is 1. The van der Waals surface area contributed by atoms with E-state index in [9.17, 15) is 17.6 Å². The molecule has 0 aromatic heterocycles. The summed E-state index contributed by atoms with van der Waals surface area (Å²) in [7, 11) is -4.17. The molecule has 126 valence electrons. The SMILES string of the molecule is Cc1cccc(F)c1S(=O)(=O)N1Cc2ccccc2NC(=O)C1C. The maximum atomic E-state index is 14.2. The zero-order chi connectivity index (χ0) is 17.5. The molecule has 0 fully saturated rings. The Morgan fingerprint density at radius 3 is 2.58 bits per heavy atom. The van der Waals surface area contributed by atoms with E-state index in [1.165, 1.54) is 26.0 Å². The van der Waals surface area contributed by atoms with Crippen LogP contribution in [0.25, 0.3) is 0 Å². The summed E-state index contributed by atoms with van der Waals surface area (Å²) in [6, 6.07) is 10.1. The van der Waals surface area contributed by atoms with Gasteiger partial charge < -0.3 is 5.32 Å². The van der Waals surface area contributed by atoms with Crippen molar-refractivity contribution in [3.05, 3.63) is 59.4 Å². The van der Waals surface area contributed by atoms with Gasteiger partial charge in [0.05, 0.1) is 0 Å². The third kappa shape index (κ3) is 2.70. The van der Waals surface area contributed by atoms with E-state index < -0.39 is 27.8 Å². The summed E-state index contributed by atoms with van der Waals surface area (Å²) in [4.78, 5) is 11.9. The van der Waals surface area contributed by atoms with Crippen molar-refractivity contribution >= 4 is 21.6 Å². The van der Waals surface area contributed by atoms with Gasteiger partial charge in [-0.05, 0) is 37.1 Å². The monoisotopic (exact) mass is 348 g/mol. The summed E-state index contributed by atoms with van der Waals surface area (Å²) >= 11 is 0. The maximum Gasteiger partial charge on any atom is 0.247 e. The smallest absolute Gasteiger partial charge is 0.247 e. The Bertz CT molecular complexity index is 892. The predicted molar refractivity (Wildman–Crippen MR) is 88.4 cm³/mol. The van der Waals surface area contributed by atoms with E-state index in [1.807, 2.05) is 0 Å². The van der Waals surface area contributed by atoms with Crippen molar-refractivity contribution in [1.29, 1.82) is 0 Å². The number of hydrogen-bond acceptors (Lipinski definition) is 3. The molecule has 0 saturated carbocycles. The van der Waals surface area contributed by atoms with Gasteiger partial charge in [-0.25, -0.2) is 12.8 Å². The van der Waals surface area contributed by atoms with Crippen LogP contribution in [0.5, 0.6) is 0 Å². The number of anilines is 1. The highest BCUT2D eigenvalue weighted by Crippen LogP contribution is 2.30. The molecule has 1 aliphatic heterocycles. The van der Waals surface area contributed by atoms with Crippen LogP contribution in [-0.4, -0.2) is 24.7 Å².